The molecule has 2 N–H and O–H groups in total. The highest BCUT2D eigenvalue weighted by molar-refractivity contribution is 9.10. The standard InChI is InChI=1S/C15H25BrN4/c1-18(2)5-6-19-7-9-20(10-8-19)14-4-3-13(12-17)15(16)11-14/h3-4,11H,5-10,12,17H2,1-2H3. The Morgan fingerprint density at radius 3 is 2.45 bits per heavy atom. The van der Waals surface area contributed by atoms with Gasteiger partial charge in [-0.3, -0.25) is 4.90 Å². The van der Waals surface area contributed by atoms with Crippen molar-refractivity contribution >= 4 is 21.6 Å². The Bertz CT molecular complexity index is 428. The predicted octanol–water partition coefficient (Wildman–Crippen LogP) is 1.59. The van der Waals surface area contributed by atoms with Gasteiger partial charge in [-0.2, -0.15) is 0 Å². The van der Waals surface area contributed by atoms with E-state index in [9.17, 15) is 0 Å². The summed E-state index contributed by atoms with van der Waals surface area (Å²) in [5, 5.41) is 0. The fourth-order valence-corrected chi connectivity index (χ4v) is 3.00. The van der Waals surface area contributed by atoms with E-state index in [2.05, 4.69) is 62.9 Å². The first-order valence-electron chi connectivity index (χ1n) is 7.20. The Morgan fingerprint density at radius 2 is 1.90 bits per heavy atom. The molecule has 1 aliphatic heterocycles. The SMILES string of the molecule is CN(C)CCN1CCN(c2ccc(CN)c(Br)c2)CC1. The number of benzene rings is 1. The van der Waals surface area contributed by atoms with Crippen LogP contribution in [0.3, 0.4) is 0 Å². The number of piperazine rings is 1. The van der Waals surface area contributed by atoms with Crippen molar-refractivity contribution in [2.24, 2.45) is 5.73 Å². The van der Waals surface area contributed by atoms with E-state index in [1.54, 1.807) is 0 Å². The lowest BCUT2D eigenvalue weighted by atomic mass is 10.2. The van der Waals surface area contributed by atoms with Crippen LogP contribution in [0.25, 0.3) is 0 Å². The molecule has 0 spiro atoms. The Hall–Kier alpha value is -0.620. The van der Waals surface area contributed by atoms with Crippen LogP contribution in [0.4, 0.5) is 5.69 Å². The molecule has 0 aromatic heterocycles. The quantitative estimate of drug-likeness (QED) is 0.882. The van der Waals surface area contributed by atoms with Gasteiger partial charge in [0.25, 0.3) is 0 Å². The van der Waals surface area contributed by atoms with Gasteiger partial charge in [-0.25, -0.2) is 0 Å². The molecule has 0 amide bonds. The molecule has 1 aromatic carbocycles. The number of halogens is 1. The molecule has 0 saturated carbocycles. The van der Waals surface area contributed by atoms with Gasteiger partial charge >= 0.3 is 0 Å². The number of anilines is 1. The van der Waals surface area contributed by atoms with Crippen molar-refractivity contribution in [2.75, 3.05) is 58.3 Å². The molecule has 1 fully saturated rings. The molecule has 0 radical (unpaired) electrons. The first-order chi connectivity index (χ1) is 9.60. The van der Waals surface area contributed by atoms with Gasteiger partial charge in [-0.05, 0) is 31.8 Å². The molecule has 112 valence electrons. The van der Waals surface area contributed by atoms with E-state index in [1.807, 2.05) is 0 Å². The zero-order valence-corrected chi connectivity index (χ0v) is 14.1. The summed E-state index contributed by atoms with van der Waals surface area (Å²) in [7, 11) is 4.26. The lowest BCUT2D eigenvalue weighted by Crippen LogP contribution is -2.48. The van der Waals surface area contributed by atoms with Crippen molar-refractivity contribution in [1.82, 2.24) is 9.80 Å². The third kappa shape index (κ3) is 4.19. The molecular weight excluding hydrogens is 316 g/mol. The predicted molar refractivity (Wildman–Crippen MR) is 89.2 cm³/mol. The highest BCUT2D eigenvalue weighted by Gasteiger charge is 2.17. The van der Waals surface area contributed by atoms with Gasteiger partial charge in [0.1, 0.15) is 0 Å². The van der Waals surface area contributed by atoms with Crippen LogP contribution in [-0.4, -0.2) is 63.2 Å². The van der Waals surface area contributed by atoms with E-state index in [0.29, 0.717) is 6.54 Å². The summed E-state index contributed by atoms with van der Waals surface area (Å²) in [6.45, 7) is 7.37. The van der Waals surface area contributed by atoms with Gasteiger partial charge in [0.2, 0.25) is 0 Å². The maximum atomic E-state index is 5.70. The largest absolute Gasteiger partial charge is 0.369 e. The summed E-state index contributed by atoms with van der Waals surface area (Å²) in [6, 6.07) is 6.50. The van der Waals surface area contributed by atoms with Crippen molar-refractivity contribution in [2.45, 2.75) is 6.54 Å². The molecule has 1 saturated heterocycles. The number of hydrogen-bond acceptors (Lipinski definition) is 4. The second-order valence-electron chi connectivity index (χ2n) is 5.61. The van der Waals surface area contributed by atoms with E-state index in [1.165, 1.54) is 11.3 Å². The zero-order valence-electron chi connectivity index (χ0n) is 12.5. The molecular formula is C15H25BrN4. The Morgan fingerprint density at radius 1 is 1.20 bits per heavy atom. The highest BCUT2D eigenvalue weighted by atomic mass is 79.9. The minimum Gasteiger partial charge on any atom is -0.369 e. The molecule has 4 nitrogen and oxygen atoms in total. The molecule has 20 heavy (non-hydrogen) atoms. The fourth-order valence-electron chi connectivity index (χ4n) is 2.47. The normalized spacial score (nSPS) is 16.9. The number of nitrogens with two attached hydrogens (primary N) is 1. The zero-order chi connectivity index (χ0) is 14.5. The third-order valence-corrected chi connectivity index (χ3v) is 4.60. The van der Waals surface area contributed by atoms with Crippen LogP contribution in [-0.2, 0) is 6.54 Å². The van der Waals surface area contributed by atoms with Gasteiger partial charge in [0.15, 0.2) is 0 Å². The Kier molecular flexibility index (Phi) is 5.84. The minimum atomic E-state index is 0.583. The van der Waals surface area contributed by atoms with Crippen LogP contribution in [0.5, 0.6) is 0 Å². The summed E-state index contributed by atoms with van der Waals surface area (Å²) in [6.07, 6.45) is 0. The number of nitrogens with zero attached hydrogens (tertiary/aromatic N) is 3. The smallest absolute Gasteiger partial charge is 0.0378 e. The molecule has 0 atom stereocenters. The first-order valence-corrected chi connectivity index (χ1v) is 8.00. The topological polar surface area (TPSA) is 35.7 Å². The van der Waals surface area contributed by atoms with Gasteiger partial charge in [0.05, 0.1) is 0 Å². The second kappa shape index (κ2) is 7.41. The van der Waals surface area contributed by atoms with Gasteiger partial charge in [0, 0.05) is 56.0 Å². The summed E-state index contributed by atoms with van der Waals surface area (Å²) in [5.41, 5.74) is 8.16. The second-order valence-corrected chi connectivity index (χ2v) is 6.47. The number of likely N-dealkylation sites (N-methyl/N-ethyl adjacent to an activating group) is 1. The molecule has 1 aromatic rings. The number of rotatable bonds is 5. The molecule has 0 bridgehead atoms. The van der Waals surface area contributed by atoms with Crippen LogP contribution >= 0.6 is 15.9 Å². The number of hydrogen-bond donors (Lipinski definition) is 1. The lowest BCUT2D eigenvalue weighted by molar-refractivity contribution is 0.229. The van der Waals surface area contributed by atoms with Crippen LogP contribution in [0.2, 0.25) is 0 Å². The van der Waals surface area contributed by atoms with Crippen molar-refractivity contribution < 1.29 is 0 Å². The van der Waals surface area contributed by atoms with E-state index in [4.69, 9.17) is 5.73 Å². The first kappa shape index (κ1) is 15.8. The van der Waals surface area contributed by atoms with Gasteiger partial charge in [-0.1, -0.05) is 22.0 Å². The molecule has 0 aliphatic carbocycles. The monoisotopic (exact) mass is 340 g/mol. The van der Waals surface area contributed by atoms with Crippen LogP contribution in [0.1, 0.15) is 5.56 Å². The van der Waals surface area contributed by atoms with Crippen LogP contribution in [0, 0.1) is 0 Å². The van der Waals surface area contributed by atoms with Crippen molar-refractivity contribution in [3.8, 4) is 0 Å². The average Bonchev–Trinajstić information content (AvgIpc) is 2.45. The van der Waals surface area contributed by atoms with E-state index in [0.717, 1.165) is 43.7 Å². The molecule has 2 rings (SSSR count). The summed E-state index contributed by atoms with van der Waals surface area (Å²) in [4.78, 5) is 7.24. The van der Waals surface area contributed by atoms with E-state index in [-0.39, 0.29) is 0 Å². The molecule has 1 heterocycles. The average molecular weight is 341 g/mol. The maximum absolute atomic E-state index is 5.70. The van der Waals surface area contributed by atoms with Crippen LogP contribution in [0.15, 0.2) is 22.7 Å². The fraction of sp³-hybridized carbons (Fsp3) is 0.600. The van der Waals surface area contributed by atoms with Gasteiger partial charge < -0.3 is 15.5 Å². The third-order valence-electron chi connectivity index (χ3n) is 3.86. The Balaban J connectivity index is 1.88. The van der Waals surface area contributed by atoms with Crippen molar-refractivity contribution in [3.05, 3.63) is 28.2 Å². The van der Waals surface area contributed by atoms with Crippen molar-refractivity contribution in [3.63, 3.8) is 0 Å². The minimum absolute atomic E-state index is 0.583. The summed E-state index contributed by atoms with van der Waals surface area (Å²) in [5.74, 6) is 0. The Labute approximate surface area is 130 Å². The van der Waals surface area contributed by atoms with E-state index < -0.39 is 0 Å². The summed E-state index contributed by atoms with van der Waals surface area (Å²) >= 11 is 3.60. The highest BCUT2D eigenvalue weighted by Crippen LogP contribution is 2.24. The summed E-state index contributed by atoms with van der Waals surface area (Å²) < 4.78 is 1.12. The van der Waals surface area contributed by atoms with Gasteiger partial charge in [-0.15, -0.1) is 0 Å². The molecule has 5 heteroatoms. The van der Waals surface area contributed by atoms with E-state index >= 15 is 0 Å². The van der Waals surface area contributed by atoms with Crippen molar-refractivity contribution in [1.29, 1.82) is 0 Å². The maximum Gasteiger partial charge on any atom is 0.0378 e. The molecule has 0 unspecified atom stereocenters. The molecule has 1 aliphatic rings. The van der Waals surface area contributed by atoms with Crippen LogP contribution < -0.4 is 10.6 Å². The lowest BCUT2D eigenvalue weighted by Gasteiger charge is -2.36.